The van der Waals surface area contributed by atoms with Crippen LogP contribution in [0.1, 0.15) is 5.76 Å². The Morgan fingerprint density at radius 2 is 2.10 bits per heavy atom. The Morgan fingerprint density at radius 3 is 2.86 bits per heavy atom. The van der Waals surface area contributed by atoms with E-state index in [1.807, 2.05) is 18.2 Å². The average Bonchev–Trinajstić information content (AvgIpc) is 3.18. The molecule has 0 radical (unpaired) electrons. The van der Waals surface area contributed by atoms with Crippen molar-refractivity contribution < 1.29 is 13.9 Å². The van der Waals surface area contributed by atoms with Gasteiger partial charge < -0.3 is 13.9 Å². The third-order valence-electron chi connectivity index (χ3n) is 3.44. The van der Waals surface area contributed by atoms with E-state index in [0.29, 0.717) is 30.5 Å². The van der Waals surface area contributed by atoms with Crippen LogP contribution < -0.4 is 0 Å². The SMILES string of the molecule is Clc1ccc2oc(C3(Cn4cncn4)OCCO3)cc2c1. The number of ether oxygens (including phenoxy) is 2. The molecule has 3 heterocycles. The second kappa shape index (κ2) is 4.84. The van der Waals surface area contributed by atoms with Gasteiger partial charge in [-0.3, -0.25) is 0 Å². The van der Waals surface area contributed by atoms with Crippen LogP contribution in [0.4, 0.5) is 0 Å². The van der Waals surface area contributed by atoms with Crippen LogP contribution in [0.5, 0.6) is 0 Å². The van der Waals surface area contributed by atoms with Crippen LogP contribution >= 0.6 is 11.6 Å². The molecular weight excluding hydrogens is 294 g/mol. The average molecular weight is 306 g/mol. The molecule has 0 unspecified atom stereocenters. The van der Waals surface area contributed by atoms with Gasteiger partial charge in [0, 0.05) is 10.4 Å². The van der Waals surface area contributed by atoms with Crippen molar-refractivity contribution in [3.63, 3.8) is 0 Å². The number of fused-ring (bicyclic) bond motifs is 1. The van der Waals surface area contributed by atoms with Crippen molar-refractivity contribution in [3.05, 3.63) is 47.7 Å². The number of rotatable bonds is 3. The maximum atomic E-state index is 6.01. The Kier molecular flexibility index (Phi) is 2.95. The summed E-state index contributed by atoms with van der Waals surface area (Å²) in [5.41, 5.74) is 0.742. The Labute approximate surface area is 125 Å². The number of hydrogen-bond donors (Lipinski definition) is 0. The zero-order valence-corrected chi connectivity index (χ0v) is 11.8. The van der Waals surface area contributed by atoms with Crippen molar-refractivity contribution in [3.8, 4) is 0 Å². The second-order valence-corrected chi connectivity index (χ2v) is 5.27. The highest BCUT2D eigenvalue weighted by atomic mass is 35.5. The van der Waals surface area contributed by atoms with E-state index in [4.69, 9.17) is 25.5 Å². The molecule has 0 atom stereocenters. The van der Waals surface area contributed by atoms with Gasteiger partial charge in [0.2, 0.25) is 5.79 Å². The molecule has 0 N–H and O–H groups in total. The van der Waals surface area contributed by atoms with Crippen molar-refractivity contribution in [2.24, 2.45) is 0 Å². The number of furan rings is 1. The summed E-state index contributed by atoms with van der Waals surface area (Å²) in [6, 6.07) is 7.36. The lowest BCUT2D eigenvalue weighted by atomic mass is 10.2. The van der Waals surface area contributed by atoms with Crippen molar-refractivity contribution in [2.45, 2.75) is 12.3 Å². The molecule has 4 rings (SSSR count). The zero-order chi connectivity index (χ0) is 14.3. The van der Waals surface area contributed by atoms with Crippen LogP contribution in [0.25, 0.3) is 11.0 Å². The smallest absolute Gasteiger partial charge is 0.248 e. The molecule has 1 fully saturated rings. The van der Waals surface area contributed by atoms with Crippen LogP contribution in [-0.4, -0.2) is 28.0 Å². The lowest BCUT2D eigenvalue weighted by Crippen LogP contribution is -2.32. The Balaban J connectivity index is 1.78. The molecule has 6 nitrogen and oxygen atoms in total. The van der Waals surface area contributed by atoms with E-state index < -0.39 is 5.79 Å². The quantitative estimate of drug-likeness (QED) is 0.744. The summed E-state index contributed by atoms with van der Waals surface area (Å²) in [6.45, 7) is 1.39. The molecule has 1 aromatic carbocycles. The largest absolute Gasteiger partial charge is 0.455 e. The van der Waals surface area contributed by atoms with Crippen molar-refractivity contribution in [1.82, 2.24) is 14.8 Å². The van der Waals surface area contributed by atoms with E-state index in [2.05, 4.69) is 10.1 Å². The molecule has 108 valence electrons. The molecule has 1 aliphatic heterocycles. The highest BCUT2D eigenvalue weighted by Gasteiger charge is 2.43. The van der Waals surface area contributed by atoms with Crippen molar-refractivity contribution >= 4 is 22.6 Å². The van der Waals surface area contributed by atoms with Gasteiger partial charge in [-0.15, -0.1) is 0 Å². The first-order chi connectivity index (χ1) is 10.3. The van der Waals surface area contributed by atoms with Crippen molar-refractivity contribution in [1.29, 1.82) is 0 Å². The summed E-state index contributed by atoms with van der Waals surface area (Å²) in [6.07, 6.45) is 3.09. The summed E-state index contributed by atoms with van der Waals surface area (Å²) in [7, 11) is 0. The topological polar surface area (TPSA) is 62.3 Å². The molecule has 0 amide bonds. The molecule has 7 heteroatoms. The Bertz CT molecular complexity index is 763. The normalized spacial score (nSPS) is 17.6. The molecular formula is C14H12ClN3O3. The fourth-order valence-electron chi connectivity index (χ4n) is 2.50. The van der Waals surface area contributed by atoms with Gasteiger partial charge in [0.05, 0.1) is 13.2 Å². The predicted molar refractivity (Wildman–Crippen MR) is 74.8 cm³/mol. The molecule has 0 saturated carbocycles. The van der Waals surface area contributed by atoms with E-state index in [1.165, 1.54) is 6.33 Å². The van der Waals surface area contributed by atoms with Crippen molar-refractivity contribution in [2.75, 3.05) is 13.2 Å². The van der Waals surface area contributed by atoms with Gasteiger partial charge in [0.25, 0.3) is 0 Å². The number of benzene rings is 1. The van der Waals surface area contributed by atoms with E-state index >= 15 is 0 Å². The first-order valence-electron chi connectivity index (χ1n) is 6.55. The minimum Gasteiger partial charge on any atom is -0.455 e. The molecule has 0 bridgehead atoms. The number of hydrogen-bond acceptors (Lipinski definition) is 5. The molecule has 0 aliphatic carbocycles. The van der Waals surface area contributed by atoms with Gasteiger partial charge in [0.15, 0.2) is 5.76 Å². The Hall–Kier alpha value is -1.89. The minimum atomic E-state index is -0.973. The van der Waals surface area contributed by atoms with Crippen LogP contribution in [0.15, 0.2) is 41.3 Å². The molecule has 3 aromatic rings. The molecule has 0 spiro atoms. The lowest BCUT2D eigenvalue weighted by Gasteiger charge is -2.24. The van der Waals surface area contributed by atoms with Gasteiger partial charge in [-0.25, -0.2) is 9.67 Å². The zero-order valence-electron chi connectivity index (χ0n) is 11.0. The van der Waals surface area contributed by atoms with E-state index in [1.54, 1.807) is 17.1 Å². The van der Waals surface area contributed by atoms with Gasteiger partial charge in [-0.2, -0.15) is 5.10 Å². The predicted octanol–water partition coefficient (Wildman–Crippen LogP) is 2.58. The lowest BCUT2D eigenvalue weighted by molar-refractivity contribution is -0.189. The monoisotopic (exact) mass is 305 g/mol. The maximum Gasteiger partial charge on any atom is 0.248 e. The highest BCUT2D eigenvalue weighted by molar-refractivity contribution is 6.31. The summed E-state index contributed by atoms with van der Waals surface area (Å²) < 4.78 is 19.2. The molecule has 1 saturated heterocycles. The minimum absolute atomic E-state index is 0.376. The first kappa shape index (κ1) is 12.8. The third-order valence-corrected chi connectivity index (χ3v) is 3.68. The Morgan fingerprint density at radius 1 is 1.24 bits per heavy atom. The number of halogens is 1. The summed E-state index contributed by atoms with van der Waals surface area (Å²) in [5.74, 6) is -0.369. The summed E-state index contributed by atoms with van der Waals surface area (Å²) in [5, 5.41) is 5.67. The fraction of sp³-hybridized carbons (Fsp3) is 0.286. The standard InChI is InChI=1S/C14H12ClN3O3/c15-11-1-2-12-10(5-11)6-13(21-12)14(19-3-4-20-14)7-18-9-16-8-17-18/h1-2,5-6,8-9H,3-4,7H2. The second-order valence-electron chi connectivity index (χ2n) is 4.84. The van der Waals surface area contributed by atoms with E-state index in [0.717, 1.165) is 11.0 Å². The molecule has 21 heavy (non-hydrogen) atoms. The van der Waals surface area contributed by atoms with Gasteiger partial charge >= 0.3 is 0 Å². The first-order valence-corrected chi connectivity index (χ1v) is 6.93. The van der Waals surface area contributed by atoms with Crippen LogP contribution in [-0.2, 0) is 21.8 Å². The van der Waals surface area contributed by atoms with Crippen LogP contribution in [0.3, 0.4) is 0 Å². The highest BCUT2D eigenvalue weighted by Crippen LogP contribution is 2.37. The maximum absolute atomic E-state index is 6.01. The summed E-state index contributed by atoms with van der Waals surface area (Å²) >= 11 is 6.01. The molecule has 2 aromatic heterocycles. The fourth-order valence-corrected chi connectivity index (χ4v) is 2.68. The summed E-state index contributed by atoms with van der Waals surface area (Å²) in [4.78, 5) is 3.94. The van der Waals surface area contributed by atoms with E-state index in [9.17, 15) is 0 Å². The van der Waals surface area contributed by atoms with Gasteiger partial charge in [-0.1, -0.05) is 11.6 Å². The van der Waals surface area contributed by atoms with Gasteiger partial charge in [-0.05, 0) is 24.3 Å². The van der Waals surface area contributed by atoms with Crippen LogP contribution in [0.2, 0.25) is 5.02 Å². The third kappa shape index (κ3) is 2.21. The van der Waals surface area contributed by atoms with Gasteiger partial charge in [0.1, 0.15) is 24.8 Å². The number of nitrogens with zero attached hydrogens (tertiary/aromatic N) is 3. The molecule has 1 aliphatic rings. The van der Waals surface area contributed by atoms with E-state index in [-0.39, 0.29) is 0 Å². The van der Waals surface area contributed by atoms with Crippen LogP contribution in [0, 0.1) is 0 Å². The number of aromatic nitrogens is 3.